The second-order valence-corrected chi connectivity index (χ2v) is 7.97. The minimum atomic E-state index is 0.244. The number of nitrogens with zero attached hydrogens (tertiary/aromatic N) is 5. The van der Waals surface area contributed by atoms with Gasteiger partial charge in [0.25, 0.3) is 0 Å². The van der Waals surface area contributed by atoms with Crippen molar-refractivity contribution in [3.8, 4) is 0 Å². The Hall–Kier alpha value is -0.980. The van der Waals surface area contributed by atoms with Crippen LogP contribution in [0.5, 0.6) is 0 Å². The van der Waals surface area contributed by atoms with Crippen molar-refractivity contribution >= 4 is 0 Å². The van der Waals surface area contributed by atoms with Crippen molar-refractivity contribution in [1.82, 2.24) is 24.8 Å². The lowest BCUT2D eigenvalue weighted by molar-refractivity contribution is -0.0731. The Morgan fingerprint density at radius 1 is 1.22 bits per heavy atom. The van der Waals surface area contributed by atoms with Crippen molar-refractivity contribution in [1.29, 1.82) is 0 Å². The minimum absolute atomic E-state index is 0.244. The molecule has 0 unspecified atom stereocenters. The normalized spacial score (nSPS) is 30.0. The number of likely N-dealkylation sites (tertiary alicyclic amines) is 2. The zero-order valence-electron chi connectivity index (χ0n) is 14.4. The maximum absolute atomic E-state index is 6.02. The molecule has 3 aliphatic rings. The van der Waals surface area contributed by atoms with Crippen LogP contribution in [0.3, 0.4) is 0 Å². The third-order valence-corrected chi connectivity index (χ3v) is 5.84. The standard InChI is InChI=1S/C17H29N5O/c1-17(2,21-7-4-3-5-8-21)13-20-9-6-16-15(11-20)22-14(12-23-16)10-18-19-22/h10,15-16H,3-9,11-13H2,1-2H3/t15-,16-/m1/s1. The number of ether oxygens (including phenoxy) is 1. The number of hydrogen-bond donors (Lipinski definition) is 0. The van der Waals surface area contributed by atoms with E-state index in [4.69, 9.17) is 4.74 Å². The molecule has 2 saturated heterocycles. The fourth-order valence-corrected chi connectivity index (χ4v) is 4.53. The van der Waals surface area contributed by atoms with Crippen LogP contribution in [-0.2, 0) is 11.3 Å². The predicted molar refractivity (Wildman–Crippen MR) is 88.2 cm³/mol. The average molecular weight is 319 g/mol. The highest BCUT2D eigenvalue weighted by atomic mass is 16.5. The number of rotatable bonds is 3. The molecule has 1 aromatic heterocycles. The van der Waals surface area contributed by atoms with E-state index in [2.05, 4.69) is 38.6 Å². The van der Waals surface area contributed by atoms with Crippen LogP contribution in [0.25, 0.3) is 0 Å². The molecule has 2 fully saturated rings. The number of fused-ring (bicyclic) bond motifs is 3. The number of aromatic nitrogens is 3. The van der Waals surface area contributed by atoms with Crippen LogP contribution in [0.1, 0.15) is 51.3 Å². The fourth-order valence-electron chi connectivity index (χ4n) is 4.53. The summed E-state index contributed by atoms with van der Waals surface area (Å²) in [6, 6.07) is 0.326. The maximum atomic E-state index is 6.02. The molecule has 6 nitrogen and oxygen atoms in total. The molecule has 4 rings (SSSR count). The topological polar surface area (TPSA) is 46.4 Å². The van der Waals surface area contributed by atoms with Gasteiger partial charge in [-0.3, -0.25) is 9.80 Å². The fraction of sp³-hybridized carbons (Fsp3) is 0.882. The second-order valence-electron chi connectivity index (χ2n) is 7.97. The molecule has 0 bridgehead atoms. The van der Waals surface area contributed by atoms with Crippen molar-refractivity contribution in [2.75, 3.05) is 32.7 Å². The Balaban J connectivity index is 1.43. The summed E-state index contributed by atoms with van der Waals surface area (Å²) in [5.74, 6) is 0. The largest absolute Gasteiger partial charge is 0.370 e. The van der Waals surface area contributed by atoms with Gasteiger partial charge < -0.3 is 4.74 Å². The van der Waals surface area contributed by atoms with E-state index in [1.165, 1.54) is 32.4 Å². The molecule has 4 heterocycles. The Morgan fingerprint density at radius 2 is 2.04 bits per heavy atom. The lowest BCUT2D eigenvalue weighted by Gasteiger charge is -2.47. The predicted octanol–water partition coefficient (Wildman–Crippen LogP) is 1.69. The molecule has 2 atom stereocenters. The van der Waals surface area contributed by atoms with E-state index >= 15 is 0 Å². The van der Waals surface area contributed by atoms with Crippen molar-refractivity contribution in [3.63, 3.8) is 0 Å². The highest BCUT2D eigenvalue weighted by Crippen LogP contribution is 2.31. The first kappa shape index (κ1) is 15.5. The van der Waals surface area contributed by atoms with Gasteiger partial charge in [-0.1, -0.05) is 11.6 Å². The molecule has 0 N–H and O–H groups in total. The maximum Gasteiger partial charge on any atom is 0.0929 e. The number of hydrogen-bond acceptors (Lipinski definition) is 5. The Labute approximate surface area is 138 Å². The van der Waals surface area contributed by atoms with Crippen molar-refractivity contribution in [2.45, 2.75) is 63.8 Å². The van der Waals surface area contributed by atoms with Gasteiger partial charge in [-0.05, 0) is 46.2 Å². The van der Waals surface area contributed by atoms with Crippen LogP contribution in [0, 0.1) is 0 Å². The van der Waals surface area contributed by atoms with Gasteiger partial charge in [0, 0.05) is 25.2 Å². The molecule has 23 heavy (non-hydrogen) atoms. The summed E-state index contributed by atoms with van der Waals surface area (Å²) in [5.41, 5.74) is 1.36. The van der Waals surface area contributed by atoms with E-state index in [0.29, 0.717) is 18.8 Å². The van der Waals surface area contributed by atoms with E-state index in [-0.39, 0.29) is 5.54 Å². The van der Waals surface area contributed by atoms with Crippen LogP contribution in [0.15, 0.2) is 6.20 Å². The van der Waals surface area contributed by atoms with Crippen LogP contribution < -0.4 is 0 Å². The molecule has 0 aromatic carbocycles. The first-order chi connectivity index (χ1) is 11.1. The lowest BCUT2D eigenvalue weighted by Crippen LogP contribution is -2.57. The van der Waals surface area contributed by atoms with E-state index < -0.39 is 0 Å². The molecule has 0 amide bonds. The molecule has 128 valence electrons. The molecular formula is C17H29N5O. The quantitative estimate of drug-likeness (QED) is 0.848. The Morgan fingerprint density at radius 3 is 2.87 bits per heavy atom. The van der Waals surface area contributed by atoms with Crippen molar-refractivity contribution in [3.05, 3.63) is 11.9 Å². The summed E-state index contributed by atoms with van der Waals surface area (Å²) in [7, 11) is 0. The van der Waals surface area contributed by atoms with E-state index in [0.717, 1.165) is 31.7 Å². The molecule has 0 spiro atoms. The van der Waals surface area contributed by atoms with Crippen LogP contribution in [0.2, 0.25) is 0 Å². The molecule has 3 aliphatic heterocycles. The molecule has 1 aromatic rings. The van der Waals surface area contributed by atoms with Crippen molar-refractivity contribution in [2.24, 2.45) is 0 Å². The van der Waals surface area contributed by atoms with Gasteiger partial charge in [0.05, 0.1) is 30.6 Å². The highest BCUT2D eigenvalue weighted by molar-refractivity contribution is 5.01. The summed E-state index contributed by atoms with van der Waals surface area (Å²) in [6.45, 7) is 11.3. The van der Waals surface area contributed by atoms with Gasteiger partial charge in [-0.15, -0.1) is 5.10 Å². The van der Waals surface area contributed by atoms with Crippen LogP contribution >= 0.6 is 0 Å². The monoisotopic (exact) mass is 319 g/mol. The summed E-state index contributed by atoms with van der Waals surface area (Å²) in [6.07, 6.45) is 7.34. The van der Waals surface area contributed by atoms with E-state index in [1.807, 2.05) is 6.20 Å². The Kier molecular flexibility index (Phi) is 4.15. The van der Waals surface area contributed by atoms with Gasteiger partial charge in [0.1, 0.15) is 0 Å². The van der Waals surface area contributed by atoms with Crippen molar-refractivity contribution < 1.29 is 4.74 Å². The molecule has 0 radical (unpaired) electrons. The molecule has 6 heteroatoms. The third-order valence-electron chi connectivity index (χ3n) is 5.84. The SMILES string of the molecule is CC(C)(CN1CC[C@H]2OCc3cnnn3[C@@H]2C1)N1CCCCC1. The van der Waals surface area contributed by atoms with Gasteiger partial charge in [-0.25, -0.2) is 4.68 Å². The van der Waals surface area contributed by atoms with Gasteiger partial charge in [0.15, 0.2) is 0 Å². The highest BCUT2D eigenvalue weighted by Gasteiger charge is 2.38. The lowest BCUT2D eigenvalue weighted by atomic mass is 9.94. The summed E-state index contributed by atoms with van der Waals surface area (Å²) in [4.78, 5) is 5.29. The van der Waals surface area contributed by atoms with E-state index in [9.17, 15) is 0 Å². The van der Waals surface area contributed by atoms with E-state index in [1.54, 1.807) is 0 Å². The van der Waals surface area contributed by atoms with Gasteiger partial charge in [-0.2, -0.15) is 0 Å². The molecule has 0 saturated carbocycles. The first-order valence-corrected chi connectivity index (χ1v) is 9.11. The summed E-state index contributed by atoms with van der Waals surface area (Å²) < 4.78 is 8.13. The minimum Gasteiger partial charge on any atom is -0.370 e. The van der Waals surface area contributed by atoms with Crippen LogP contribution in [-0.4, -0.2) is 69.2 Å². The zero-order chi connectivity index (χ0) is 15.9. The zero-order valence-corrected chi connectivity index (χ0v) is 14.4. The molecule has 0 aliphatic carbocycles. The number of piperidine rings is 2. The van der Waals surface area contributed by atoms with Gasteiger partial charge >= 0.3 is 0 Å². The third kappa shape index (κ3) is 3.04. The second kappa shape index (κ2) is 6.15. The molecular weight excluding hydrogens is 290 g/mol. The summed E-state index contributed by atoms with van der Waals surface area (Å²) >= 11 is 0. The van der Waals surface area contributed by atoms with Gasteiger partial charge in [0.2, 0.25) is 0 Å². The Bertz CT molecular complexity index is 537. The smallest absolute Gasteiger partial charge is 0.0929 e. The summed E-state index contributed by atoms with van der Waals surface area (Å²) in [5, 5.41) is 8.39. The first-order valence-electron chi connectivity index (χ1n) is 9.11. The van der Waals surface area contributed by atoms with Crippen LogP contribution in [0.4, 0.5) is 0 Å². The average Bonchev–Trinajstić information content (AvgIpc) is 3.04.